The van der Waals surface area contributed by atoms with Crippen LogP contribution in [-0.4, -0.2) is 69.8 Å². The minimum atomic E-state index is 0. The average molecular weight is 446 g/mol. The molecule has 2 aliphatic heterocycles. The molecule has 0 aromatic heterocycles. The third kappa shape index (κ3) is 4.24. The highest BCUT2D eigenvalue weighted by Gasteiger charge is 2.19. The highest BCUT2D eigenvalue weighted by molar-refractivity contribution is 14.0. The number of hydrogen-bond donors (Lipinski definition) is 1. The summed E-state index contributed by atoms with van der Waals surface area (Å²) in [5.74, 6) is 2.66. The third-order valence-corrected chi connectivity index (χ3v) is 4.57. The Labute approximate surface area is 161 Å². The van der Waals surface area contributed by atoms with E-state index in [9.17, 15) is 0 Å². The summed E-state index contributed by atoms with van der Waals surface area (Å²) < 4.78 is 10.8. The zero-order valence-electron chi connectivity index (χ0n) is 14.7. The molecule has 0 amide bonds. The molecular formula is C17H27IN4O2. The standard InChI is InChI=1S/C17H26N4O2.HI/c1-20-8-5-18-17(20)19-6-9-21-7-4-13-10-15(22-2)16(23-3)11-14(13)12-21;/h10-11H,4-9,12H2,1-3H3,(H,18,19);1H. The van der Waals surface area contributed by atoms with E-state index in [2.05, 4.69) is 39.3 Å². The number of rotatable bonds is 5. The van der Waals surface area contributed by atoms with E-state index < -0.39 is 0 Å². The Kier molecular flexibility index (Phi) is 6.97. The van der Waals surface area contributed by atoms with Gasteiger partial charge in [-0.25, -0.2) is 0 Å². The van der Waals surface area contributed by atoms with E-state index in [1.54, 1.807) is 14.2 Å². The van der Waals surface area contributed by atoms with Gasteiger partial charge in [0.05, 0.1) is 20.8 Å². The predicted octanol–water partition coefficient (Wildman–Crippen LogP) is 1.57. The number of benzene rings is 1. The van der Waals surface area contributed by atoms with Crippen LogP contribution in [0.1, 0.15) is 11.1 Å². The molecule has 134 valence electrons. The molecule has 0 bridgehead atoms. The molecule has 3 rings (SSSR count). The van der Waals surface area contributed by atoms with E-state index in [-0.39, 0.29) is 24.0 Å². The smallest absolute Gasteiger partial charge is 0.193 e. The van der Waals surface area contributed by atoms with Gasteiger partial charge in [0.1, 0.15) is 0 Å². The second-order valence-corrected chi connectivity index (χ2v) is 6.06. The van der Waals surface area contributed by atoms with E-state index >= 15 is 0 Å². The lowest BCUT2D eigenvalue weighted by Crippen LogP contribution is -2.41. The van der Waals surface area contributed by atoms with Crippen LogP contribution in [0.25, 0.3) is 0 Å². The Balaban J connectivity index is 0.00000208. The van der Waals surface area contributed by atoms with E-state index in [0.29, 0.717) is 0 Å². The number of aliphatic imine (C=N–C) groups is 1. The van der Waals surface area contributed by atoms with E-state index in [1.165, 1.54) is 11.1 Å². The number of ether oxygens (including phenoxy) is 2. The zero-order valence-corrected chi connectivity index (χ0v) is 17.0. The number of nitrogens with zero attached hydrogens (tertiary/aromatic N) is 3. The van der Waals surface area contributed by atoms with Gasteiger partial charge in [0, 0.05) is 39.8 Å². The monoisotopic (exact) mass is 446 g/mol. The number of guanidine groups is 1. The fraction of sp³-hybridized carbons (Fsp3) is 0.588. The van der Waals surface area contributed by atoms with Crippen molar-refractivity contribution in [1.82, 2.24) is 15.1 Å². The van der Waals surface area contributed by atoms with Gasteiger partial charge in [0.25, 0.3) is 0 Å². The Morgan fingerprint density at radius 3 is 2.46 bits per heavy atom. The topological polar surface area (TPSA) is 49.3 Å². The van der Waals surface area contributed by atoms with Gasteiger partial charge < -0.3 is 19.7 Å². The van der Waals surface area contributed by atoms with E-state index in [4.69, 9.17) is 9.47 Å². The Morgan fingerprint density at radius 2 is 1.83 bits per heavy atom. The summed E-state index contributed by atoms with van der Waals surface area (Å²) in [6.45, 7) is 5.89. The van der Waals surface area contributed by atoms with Gasteiger partial charge in [0.15, 0.2) is 17.5 Å². The van der Waals surface area contributed by atoms with Crippen molar-refractivity contribution in [2.75, 3.05) is 54.0 Å². The lowest BCUT2D eigenvalue weighted by molar-refractivity contribution is 0.256. The molecule has 0 radical (unpaired) electrons. The van der Waals surface area contributed by atoms with Crippen LogP contribution in [0.4, 0.5) is 0 Å². The van der Waals surface area contributed by atoms with Crippen LogP contribution in [0.15, 0.2) is 17.1 Å². The van der Waals surface area contributed by atoms with Gasteiger partial charge in [0.2, 0.25) is 0 Å². The maximum absolute atomic E-state index is 5.42. The van der Waals surface area contributed by atoms with Crippen LogP contribution in [0.2, 0.25) is 0 Å². The van der Waals surface area contributed by atoms with Crippen LogP contribution in [-0.2, 0) is 13.0 Å². The molecule has 0 unspecified atom stereocenters. The summed E-state index contributed by atoms with van der Waals surface area (Å²) in [5.41, 5.74) is 2.70. The van der Waals surface area contributed by atoms with Gasteiger partial charge >= 0.3 is 0 Å². The number of hydrogen-bond acceptors (Lipinski definition) is 6. The van der Waals surface area contributed by atoms with Crippen LogP contribution >= 0.6 is 24.0 Å². The summed E-state index contributed by atoms with van der Waals surface area (Å²) in [6.07, 6.45) is 1.05. The van der Waals surface area contributed by atoms with E-state index in [0.717, 1.165) is 63.1 Å². The van der Waals surface area contributed by atoms with Crippen molar-refractivity contribution in [3.63, 3.8) is 0 Å². The summed E-state index contributed by atoms with van der Waals surface area (Å²) >= 11 is 0. The third-order valence-electron chi connectivity index (χ3n) is 4.57. The zero-order chi connectivity index (χ0) is 16.2. The maximum atomic E-state index is 5.42. The SMILES string of the molecule is COc1cc2c(cc1OC)CN(CCNC1=NCCN1C)CC2.I. The molecular weight excluding hydrogens is 419 g/mol. The van der Waals surface area contributed by atoms with Crippen molar-refractivity contribution in [3.05, 3.63) is 23.3 Å². The van der Waals surface area contributed by atoms with Crippen molar-refractivity contribution in [3.8, 4) is 11.5 Å². The first-order valence-electron chi connectivity index (χ1n) is 8.17. The van der Waals surface area contributed by atoms with Crippen molar-refractivity contribution >= 4 is 29.9 Å². The van der Waals surface area contributed by atoms with E-state index in [1.807, 2.05) is 0 Å². The molecule has 0 saturated carbocycles. The largest absolute Gasteiger partial charge is 0.493 e. The van der Waals surface area contributed by atoms with Crippen LogP contribution in [0.5, 0.6) is 11.5 Å². The van der Waals surface area contributed by atoms with Gasteiger partial charge in [-0.15, -0.1) is 24.0 Å². The summed E-state index contributed by atoms with van der Waals surface area (Å²) in [6, 6.07) is 4.23. The van der Waals surface area contributed by atoms with Gasteiger partial charge in [-0.1, -0.05) is 0 Å². The van der Waals surface area contributed by atoms with Gasteiger partial charge in [-0.3, -0.25) is 9.89 Å². The van der Waals surface area contributed by atoms with Crippen LogP contribution < -0.4 is 14.8 Å². The molecule has 1 aromatic carbocycles. The first-order chi connectivity index (χ1) is 11.2. The predicted molar refractivity (Wildman–Crippen MR) is 107 cm³/mol. The van der Waals surface area contributed by atoms with Crippen molar-refractivity contribution in [1.29, 1.82) is 0 Å². The minimum absolute atomic E-state index is 0. The second kappa shape index (κ2) is 8.75. The van der Waals surface area contributed by atoms with Crippen molar-refractivity contribution in [2.45, 2.75) is 13.0 Å². The first kappa shape index (κ1) is 19.1. The molecule has 2 heterocycles. The van der Waals surface area contributed by atoms with Crippen LogP contribution in [0.3, 0.4) is 0 Å². The summed E-state index contributed by atoms with van der Waals surface area (Å²) in [4.78, 5) is 9.10. The Bertz CT molecular complexity index is 594. The Morgan fingerprint density at radius 1 is 1.12 bits per heavy atom. The molecule has 6 nitrogen and oxygen atoms in total. The second-order valence-electron chi connectivity index (χ2n) is 6.06. The average Bonchev–Trinajstić information content (AvgIpc) is 2.98. The molecule has 1 aromatic rings. The quantitative estimate of drug-likeness (QED) is 0.697. The molecule has 0 fully saturated rings. The molecule has 24 heavy (non-hydrogen) atoms. The molecule has 2 aliphatic rings. The summed E-state index contributed by atoms with van der Waals surface area (Å²) in [5, 5.41) is 3.43. The lowest BCUT2D eigenvalue weighted by Gasteiger charge is -2.29. The lowest BCUT2D eigenvalue weighted by atomic mass is 9.99. The fourth-order valence-electron chi connectivity index (χ4n) is 3.18. The minimum Gasteiger partial charge on any atom is -0.493 e. The number of nitrogens with one attached hydrogen (secondary N) is 1. The number of fused-ring (bicyclic) bond motifs is 1. The van der Waals surface area contributed by atoms with Crippen LogP contribution in [0, 0.1) is 0 Å². The molecule has 7 heteroatoms. The number of methoxy groups -OCH3 is 2. The number of likely N-dealkylation sites (N-methyl/N-ethyl adjacent to an activating group) is 1. The van der Waals surface area contributed by atoms with Crippen molar-refractivity contribution < 1.29 is 9.47 Å². The number of halogens is 1. The Hall–Kier alpha value is -1.22. The highest BCUT2D eigenvalue weighted by atomic mass is 127. The van der Waals surface area contributed by atoms with Gasteiger partial charge in [-0.2, -0.15) is 0 Å². The molecule has 0 atom stereocenters. The molecule has 1 N–H and O–H groups in total. The molecule has 0 spiro atoms. The van der Waals surface area contributed by atoms with Gasteiger partial charge in [-0.05, 0) is 29.7 Å². The molecule has 0 saturated heterocycles. The highest BCUT2D eigenvalue weighted by Crippen LogP contribution is 2.33. The molecule has 0 aliphatic carbocycles. The fourth-order valence-corrected chi connectivity index (χ4v) is 3.18. The normalized spacial score (nSPS) is 17.0. The van der Waals surface area contributed by atoms with Crippen molar-refractivity contribution in [2.24, 2.45) is 4.99 Å². The maximum Gasteiger partial charge on any atom is 0.193 e. The first-order valence-corrected chi connectivity index (χ1v) is 8.17. The summed E-state index contributed by atoms with van der Waals surface area (Å²) in [7, 11) is 5.46.